The molecule has 39 heavy (non-hydrogen) atoms. The second-order valence-corrected chi connectivity index (χ2v) is 13.7. The average Bonchev–Trinajstić information content (AvgIpc) is 3.69. The van der Waals surface area contributed by atoms with E-state index in [9.17, 15) is 14.7 Å². The molecule has 6 nitrogen and oxygen atoms in total. The molecule has 2 aliphatic heterocycles. The van der Waals surface area contributed by atoms with Crippen LogP contribution in [0, 0.1) is 0 Å². The van der Waals surface area contributed by atoms with E-state index >= 15 is 0 Å². The molecule has 0 amide bonds. The number of ether oxygens (including phenoxy) is 2. The van der Waals surface area contributed by atoms with E-state index in [4.69, 9.17) is 9.47 Å². The molecule has 0 aliphatic carbocycles. The van der Waals surface area contributed by atoms with Crippen molar-refractivity contribution >= 4 is 45.9 Å². The van der Waals surface area contributed by atoms with E-state index in [2.05, 4.69) is 19.2 Å². The van der Waals surface area contributed by atoms with Gasteiger partial charge in [-0.1, -0.05) is 12.1 Å². The Labute approximate surface area is 248 Å². The Hall–Kier alpha value is -1.75. The van der Waals surface area contributed by atoms with E-state index < -0.39 is 11.6 Å². The Morgan fingerprint density at radius 1 is 1.03 bits per heavy atom. The van der Waals surface area contributed by atoms with Gasteiger partial charge in [-0.2, -0.15) is 0 Å². The molecule has 0 radical (unpaired) electrons. The van der Waals surface area contributed by atoms with Gasteiger partial charge in [0.05, 0.1) is 40.4 Å². The maximum atomic E-state index is 13.5. The summed E-state index contributed by atoms with van der Waals surface area (Å²) < 4.78 is 12.1. The maximum Gasteiger partial charge on any atom is 0.349 e. The monoisotopic (exact) mass is 609 g/mol. The Morgan fingerprint density at radius 2 is 1.64 bits per heavy atom. The quantitative estimate of drug-likeness (QED) is 0.267. The van der Waals surface area contributed by atoms with Crippen molar-refractivity contribution in [1.29, 1.82) is 0 Å². The maximum absolute atomic E-state index is 13.5. The summed E-state index contributed by atoms with van der Waals surface area (Å²) >= 11 is 4.60. The van der Waals surface area contributed by atoms with Crippen molar-refractivity contribution in [2.24, 2.45) is 0 Å². The highest BCUT2D eigenvalue weighted by Crippen LogP contribution is 2.45. The average molecular weight is 610 g/mol. The van der Waals surface area contributed by atoms with Crippen LogP contribution in [-0.4, -0.2) is 53.4 Å². The van der Waals surface area contributed by atoms with Gasteiger partial charge in [-0.15, -0.1) is 34.0 Å². The van der Waals surface area contributed by atoms with E-state index in [1.165, 1.54) is 32.4 Å². The number of quaternary nitrogens is 1. The number of rotatable bonds is 11. The number of carbonyl (C=O) groups excluding carboxylic acids is 2. The summed E-state index contributed by atoms with van der Waals surface area (Å²) in [5.74, 6) is -0.680. The van der Waals surface area contributed by atoms with Crippen molar-refractivity contribution < 1.29 is 41.1 Å². The van der Waals surface area contributed by atoms with Crippen molar-refractivity contribution in [3.63, 3.8) is 0 Å². The fraction of sp³-hybridized carbons (Fsp3) is 0.517. The van der Waals surface area contributed by atoms with Gasteiger partial charge in [-0.25, -0.2) is 4.79 Å². The molecule has 10 heteroatoms. The first-order valence-corrected chi connectivity index (χ1v) is 16.0. The van der Waals surface area contributed by atoms with Gasteiger partial charge in [0.2, 0.25) is 5.60 Å². The third-order valence-corrected chi connectivity index (χ3v) is 11.3. The third kappa shape index (κ3) is 6.29. The molecule has 2 saturated heterocycles. The van der Waals surface area contributed by atoms with E-state index in [0.29, 0.717) is 34.9 Å². The number of aryl methyl sites for hydroxylation is 1. The summed E-state index contributed by atoms with van der Waals surface area (Å²) in [6.07, 6.45) is 5.90. The van der Waals surface area contributed by atoms with E-state index in [0.717, 1.165) is 49.6 Å². The van der Waals surface area contributed by atoms with Crippen molar-refractivity contribution in [2.75, 3.05) is 13.7 Å². The summed E-state index contributed by atoms with van der Waals surface area (Å²) in [6, 6.07) is 12.6. The minimum absolute atomic E-state index is 0. The molecule has 5 rings (SSSR count). The molecule has 4 atom stereocenters. The van der Waals surface area contributed by atoms with Crippen LogP contribution in [-0.2, 0) is 37.6 Å². The van der Waals surface area contributed by atoms with Crippen molar-refractivity contribution in [1.82, 2.24) is 0 Å². The second kappa shape index (κ2) is 12.8. The van der Waals surface area contributed by atoms with Crippen molar-refractivity contribution in [2.45, 2.75) is 82.2 Å². The number of nitrogens with zero attached hydrogens (tertiary/aromatic N) is 1. The molecule has 0 aromatic carbocycles. The van der Waals surface area contributed by atoms with Gasteiger partial charge < -0.3 is 31.5 Å². The molecule has 212 valence electrons. The van der Waals surface area contributed by atoms with Crippen LogP contribution in [0.4, 0.5) is 0 Å². The van der Waals surface area contributed by atoms with Gasteiger partial charge in [0, 0.05) is 37.0 Å². The SMILES string of the molecule is CCOC(=O)CCCc1ccc(C[N@+]2(C)[C@@H]3CC[C@H]2C[C@@H](OC(=O)C(O)(c2cccs2)c2cccs2)C3)s1.[Cl-]. The molecule has 0 unspecified atom stereocenters. The number of hydrogen-bond donors (Lipinski definition) is 1. The lowest BCUT2D eigenvalue weighted by Crippen LogP contribution is -3.00. The lowest BCUT2D eigenvalue weighted by atomic mass is 9.95. The highest BCUT2D eigenvalue weighted by molar-refractivity contribution is 7.12. The number of esters is 2. The van der Waals surface area contributed by atoms with Crippen LogP contribution >= 0.6 is 34.0 Å². The number of carbonyl (C=O) groups is 2. The van der Waals surface area contributed by atoms with Gasteiger partial charge in [-0.3, -0.25) is 4.79 Å². The fourth-order valence-corrected chi connectivity index (χ4v) is 9.11. The first kappa shape index (κ1) is 30.2. The number of aliphatic hydroxyl groups is 1. The Kier molecular flexibility index (Phi) is 9.94. The molecule has 2 fully saturated rings. The number of piperidine rings is 1. The fourth-order valence-electron chi connectivity index (χ4n) is 6.19. The summed E-state index contributed by atoms with van der Waals surface area (Å²) in [5.41, 5.74) is -1.75. The summed E-state index contributed by atoms with van der Waals surface area (Å²) in [7, 11) is 2.36. The highest BCUT2D eigenvalue weighted by atomic mass is 35.5. The topological polar surface area (TPSA) is 72.8 Å². The third-order valence-electron chi connectivity index (χ3n) is 8.22. The Bertz CT molecular complexity index is 1180. The molecule has 0 spiro atoms. The molecule has 3 aromatic heterocycles. The van der Waals surface area contributed by atoms with Crippen LogP contribution < -0.4 is 12.4 Å². The van der Waals surface area contributed by atoms with Crippen LogP contribution in [0.2, 0.25) is 0 Å². The van der Waals surface area contributed by atoms with E-state index in [1.807, 2.05) is 41.2 Å². The molecular formula is C29H36ClNO5S3. The highest BCUT2D eigenvalue weighted by Gasteiger charge is 2.54. The van der Waals surface area contributed by atoms with Gasteiger partial charge in [0.25, 0.3) is 0 Å². The lowest BCUT2D eigenvalue weighted by molar-refractivity contribution is -0.961. The van der Waals surface area contributed by atoms with Crippen LogP contribution in [0.25, 0.3) is 0 Å². The van der Waals surface area contributed by atoms with Gasteiger partial charge in [-0.05, 0) is 54.8 Å². The molecule has 3 aromatic rings. The van der Waals surface area contributed by atoms with E-state index in [-0.39, 0.29) is 24.5 Å². The Balaban J connectivity index is 0.00000353. The summed E-state index contributed by atoms with van der Waals surface area (Å²) in [6.45, 7) is 3.25. The zero-order valence-electron chi connectivity index (χ0n) is 22.3. The molecule has 2 aliphatic rings. The molecule has 0 saturated carbocycles. The lowest BCUT2D eigenvalue weighted by Gasteiger charge is -2.46. The largest absolute Gasteiger partial charge is 1.00 e. The van der Waals surface area contributed by atoms with Crippen LogP contribution in [0.1, 0.15) is 65.0 Å². The summed E-state index contributed by atoms with van der Waals surface area (Å²) in [5, 5.41) is 15.4. The zero-order chi connectivity index (χ0) is 26.8. The van der Waals surface area contributed by atoms with Crippen molar-refractivity contribution in [3.05, 3.63) is 66.7 Å². The first-order valence-electron chi connectivity index (χ1n) is 13.4. The van der Waals surface area contributed by atoms with Crippen molar-refractivity contribution in [3.8, 4) is 0 Å². The second-order valence-electron chi connectivity index (χ2n) is 10.6. The zero-order valence-corrected chi connectivity index (χ0v) is 25.6. The van der Waals surface area contributed by atoms with Gasteiger partial charge in [0.1, 0.15) is 12.6 Å². The Morgan fingerprint density at radius 3 is 2.21 bits per heavy atom. The van der Waals surface area contributed by atoms with Gasteiger partial charge >= 0.3 is 11.9 Å². The predicted octanol–water partition coefficient (Wildman–Crippen LogP) is 2.88. The number of fused-ring (bicyclic) bond motifs is 2. The minimum Gasteiger partial charge on any atom is -1.00 e. The number of halogens is 1. The molecular weight excluding hydrogens is 574 g/mol. The smallest absolute Gasteiger partial charge is 0.349 e. The predicted molar refractivity (Wildman–Crippen MR) is 151 cm³/mol. The van der Waals surface area contributed by atoms with Crippen LogP contribution in [0.5, 0.6) is 0 Å². The minimum atomic E-state index is -1.75. The molecule has 2 bridgehead atoms. The normalized spacial score (nSPS) is 24.2. The molecule has 5 heterocycles. The standard InChI is InChI=1S/C29H36NO5S3.ClH/c1-3-34-27(31)10-4-7-23-13-14-24(38-23)19-30(2)20-11-12-21(30)18-22(17-20)35-28(32)29(33,25-8-5-15-36-25)26-9-6-16-37-26;/h5-6,8-9,13-16,20-22,33H,3-4,7,10-12,17-19H2,1-2H3;1H/q+1;/p-1/t20-,21+,22+,30-;. The number of hydrogen-bond acceptors (Lipinski definition) is 8. The van der Waals surface area contributed by atoms with Crippen LogP contribution in [0.15, 0.2) is 47.2 Å². The molecule has 1 N–H and O–H groups in total. The van der Waals surface area contributed by atoms with E-state index in [1.54, 1.807) is 12.1 Å². The summed E-state index contributed by atoms with van der Waals surface area (Å²) in [4.78, 5) is 29.0. The van der Waals surface area contributed by atoms with Crippen LogP contribution in [0.3, 0.4) is 0 Å². The first-order chi connectivity index (χ1) is 18.3. The van der Waals surface area contributed by atoms with Gasteiger partial charge in [0.15, 0.2) is 0 Å². The number of thiophene rings is 3.